The molecule has 0 fully saturated rings. The summed E-state index contributed by atoms with van der Waals surface area (Å²) < 4.78 is 4.79. The predicted octanol–water partition coefficient (Wildman–Crippen LogP) is 2.86. The van der Waals surface area contributed by atoms with Gasteiger partial charge in [-0.05, 0) is 47.3 Å². The number of fused-ring (bicyclic) bond motifs is 4. The normalized spacial score (nSPS) is 10.5. The van der Waals surface area contributed by atoms with E-state index in [1.165, 1.54) is 9.40 Å². The predicted molar refractivity (Wildman–Crippen MR) is 47.5 cm³/mol. The molecule has 0 aliphatic carbocycles. The summed E-state index contributed by atoms with van der Waals surface area (Å²) in [6.07, 6.45) is 0. The molecule has 2 heterocycles. The van der Waals surface area contributed by atoms with Crippen molar-refractivity contribution in [2.45, 2.75) is 0 Å². The molecule has 10 heavy (non-hydrogen) atoms. The maximum Gasteiger partial charge on any atom is 0.0452 e. The summed E-state index contributed by atoms with van der Waals surface area (Å²) in [6.45, 7) is 0. The van der Waals surface area contributed by atoms with Crippen molar-refractivity contribution in [3.8, 4) is 0 Å². The van der Waals surface area contributed by atoms with Gasteiger partial charge in [0.25, 0.3) is 0 Å². The molecule has 0 N–H and O–H groups in total. The Kier molecular flexibility index (Phi) is 1.39. The molecule has 0 saturated heterocycles. The Labute approximate surface area is 67.5 Å². The first kappa shape index (κ1) is 6.19. The zero-order valence-corrected chi connectivity index (χ0v) is 7.21. The molecule has 52 valence electrons. The standard InChI is InChI=1S/C7H7NS2/c1-8-9-6-2-3-7(10-8)5-4-6/h2-5H,1H3. The molecule has 3 rings (SSSR count). The number of nitrogens with zero attached hydrogens (tertiary/aromatic N) is 1. The average molecular weight is 169 g/mol. The molecule has 0 amide bonds. The van der Waals surface area contributed by atoms with E-state index in [4.69, 9.17) is 0 Å². The van der Waals surface area contributed by atoms with Crippen LogP contribution in [0.25, 0.3) is 9.40 Å². The lowest BCUT2D eigenvalue weighted by molar-refractivity contribution is 1.16. The van der Waals surface area contributed by atoms with Crippen LogP contribution < -0.4 is 0 Å². The van der Waals surface area contributed by atoms with Crippen molar-refractivity contribution in [1.82, 2.24) is 3.35 Å². The molecule has 1 aromatic carbocycles. The third kappa shape index (κ3) is 1.02. The Morgan fingerprint density at radius 3 is 1.80 bits per heavy atom. The van der Waals surface area contributed by atoms with E-state index in [0.717, 1.165) is 0 Å². The molecule has 2 aromatic heterocycles. The molecular formula is C7H7NS2. The monoisotopic (exact) mass is 169 g/mol. The molecule has 3 aromatic rings. The Morgan fingerprint density at radius 1 is 1.00 bits per heavy atom. The van der Waals surface area contributed by atoms with E-state index in [1.54, 1.807) is 23.1 Å². The first-order valence-corrected chi connectivity index (χ1v) is 4.59. The second-order valence-electron chi connectivity index (χ2n) is 2.09. The molecule has 0 saturated carbocycles. The van der Waals surface area contributed by atoms with Gasteiger partial charge < -0.3 is 0 Å². The van der Waals surface area contributed by atoms with Gasteiger partial charge in [0.15, 0.2) is 0 Å². The van der Waals surface area contributed by atoms with Crippen molar-refractivity contribution in [3.63, 3.8) is 0 Å². The van der Waals surface area contributed by atoms with Gasteiger partial charge in [-0.3, -0.25) is 3.35 Å². The number of benzene rings is 1. The van der Waals surface area contributed by atoms with Crippen LogP contribution in [0.1, 0.15) is 0 Å². The fraction of sp³-hybridized carbons (Fsp3) is 0.143. The van der Waals surface area contributed by atoms with Crippen molar-refractivity contribution >= 4 is 32.5 Å². The van der Waals surface area contributed by atoms with Gasteiger partial charge in [-0.2, -0.15) is 0 Å². The van der Waals surface area contributed by atoms with Gasteiger partial charge in [0.2, 0.25) is 0 Å². The van der Waals surface area contributed by atoms with E-state index in [-0.39, 0.29) is 0 Å². The summed E-state index contributed by atoms with van der Waals surface area (Å²) in [5.74, 6) is 0. The molecule has 0 unspecified atom stereocenters. The van der Waals surface area contributed by atoms with Crippen LogP contribution in [-0.4, -0.2) is 3.35 Å². The van der Waals surface area contributed by atoms with Gasteiger partial charge in [0.1, 0.15) is 0 Å². The number of hydrogen-bond donors (Lipinski definition) is 0. The van der Waals surface area contributed by atoms with Crippen LogP contribution in [0.3, 0.4) is 0 Å². The van der Waals surface area contributed by atoms with Crippen molar-refractivity contribution in [2.24, 2.45) is 7.05 Å². The first-order valence-electron chi connectivity index (χ1n) is 3.04. The zero-order chi connectivity index (χ0) is 6.97. The van der Waals surface area contributed by atoms with Gasteiger partial charge in [0.05, 0.1) is 0 Å². The fourth-order valence-electron chi connectivity index (χ4n) is 0.877. The third-order valence-electron chi connectivity index (χ3n) is 1.29. The maximum absolute atomic E-state index is 2.16. The smallest absolute Gasteiger partial charge is 0.0452 e. The quantitative estimate of drug-likeness (QED) is 0.571. The van der Waals surface area contributed by atoms with Gasteiger partial charge in [0, 0.05) is 16.4 Å². The van der Waals surface area contributed by atoms with E-state index < -0.39 is 0 Å². The fourth-order valence-corrected chi connectivity index (χ4v) is 2.65. The van der Waals surface area contributed by atoms with Crippen LogP contribution in [0, 0.1) is 0 Å². The lowest BCUT2D eigenvalue weighted by atomic mass is 10.4. The summed E-state index contributed by atoms with van der Waals surface area (Å²) in [7, 11) is 2.08. The number of hydrogen-bond acceptors (Lipinski definition) is 2. The van der Waals surface area contributed by atoms with E-state index in [0.29, 0.717) is 0 Å². The van der Waals surface area contributed by atoms with Gasteiger partial charge in [-0.1, -0.05) is 0 Å². The van der Waals surface area contributed by atoms with E-state index in [2.05, 4.69) is 34.7 Å². The van der Waals surface area contributed by atoms with Crippen LogP contribution in [0.15, 0.2) is 24.3 Å². The van der Waals surface area contributed by atoms with E-state index in [9.17, 15) is 0 Å². The molecule has 0 spiro atoms. The topological polar surface area (TPSA) is 4.93 Å². The first-order chi connectivity index (χ1) is 4.84. The van der Waals surface area contributed by atoms with Crippen molar-refractivity contribution in [1.29, 1.82) is 0 Å². The highest BCUT2D eigenvalue weighted by molar-refractivity contribution is 7.24. The summed E-state index contributed by atoms with van der Waals surface area (Å²) in [4.78, 5) is 0. The van der Waals surface area contributed by atoms with Crippen LogP contribution in [0.2, 0.25) is 0 Å². The molecular weight excluding hydrogens is 162 g/mol. The third-order valence-corrected chi connectivity index (χ3v) is 3.22. The highest BCUT2D eigenvalue weighted by Gasteiger charge is 1.88. The molecule has 3 heteroatoms. The van der Waals surface area contributed by atoms with Gasteiger partial charge in [-0.15, -0.1) is 0 Å². The highest BCUT2D eigenvalue weighted by Crippen LogP contribution is 2.17. The number of rotatable bonds is 0. The summed E-state index contributed by atoms with van der Waals surface area (Å²) in [6, 6.07) is 8.60. The second kappa shape index (κ2) is 2.25. The lowest BCUT2D eigenvalue weighted by Crippen LogP contribution is -1.69. The van der Waals surface area contributed by atoms with E-state index in [1.807, 2.05) is 0 Å². The molecule has 2 bridgehead atoms. The average Bonchev–Trinajstić information content (AvgIpc) is 2.17. The van der Waals surface area contributed by atoms with Crippen LogP contribution in [0.4, 0.5) is 0 Å². The van der Waals surface area contributed by atoms with E-state index >= 15 is 0 Å². The Bertz CT molecular complexity index is 300. The minimum Gasteiger partial charge on any atom is -0.255 e. The van der Waals surface area contributed by atoms with Gasteiger partial charge >= 0.3 is 0 Å². The molecule has 0 aliphatic heterocycles. The minimum absolute atomic E-state index is 1.32. The number of aromatic nitrogens is 1. The molecule has 0 radical (unpaired) electrons. The summed E-state index contributed by atoms with van der Waals surface area (Å²) in [5.41, 5.74) is 0. The summed E-state index contributed by atoms with van der Waals surface area (Å²) in [5, 5.41) is 0. The molecule has 1 nitrogen and oxygen atoms in total. The Morgan fingerprint density at radius 2 is 1.40 bits per heavy atom. The SMILES string of the molecule is Cn1sc2ccc(cc2)s1. The summed E-state index contributed by atoms with van der Waals surface area (Å²) >= 11 is 3.53. The number of aryl methyl sites for hydroxylation is 1. The lowest BCUT2D eigenvalue weighted by Gasteiger charge is -1.83. The van der Waals surface area contributed by atoms with Crippen LogP contribution in [-0.2, 0) is 7.05 Å². The Balaban J connectivity index is 2.98. The second-order valence-corrected chi connectivity index (χ2v) is 4.73. The minimum atomic E-state index is 1.32. The maximum atomic E-state index is 2.16. The van der Waals surface area contributed by atoms with Crippen LogP contribution >= 0.6 is 23.1 Å². The van der Waals surface area contributed by atoms with Crippen molar-refractivity contribution in [2.75, 3.05) is 0 Å². The molecule has 0 atom stereocenters. The largest absolute Gasteiger partial charge is 0.255 e. The highest BCUT2D eigenvalue weighted by atomic mass is 32.2. The van der Waals surface area contributed by atoms with Gasteiger partial charge in [-0.25, -0.2) is 0 Å². The van der Waals surface area contributed by atoms with Crippen molar-refractivity contribution < 1.29 is 0 Å². The Hall–Kier alpha value is -0.540. The zero-order valence-electron chi connectivity index (χ0n) is 5.57. The van der Waals surface area contributed by atoms with Crippen molar-refractivity contribution in [3.05, 3.63) is 24.3 Å². The van der Waals surface area contributed by atoms with Crippen LogP contribution in [0.5, 0.6) is 0 Å². The molecule has 0 aliphatic rings.